The van der Waals surface area contributed by atoms with Crippen LogP contribution >= 0.6 is 11.8 Å². The molecule has 3 aromatic carbocycles. The van der Waals surface area contributed by atoms with E-state index in [1.165, 1.54) is 6.08 Å². The van der Waals surface area contributed by atoms with Crippen LogP contribution in [0.2, 0.25) is 0 Å². The number of ether oxygens (including phenoxy) is 3. The molecule has 0 spiro atoms. The Balaban J connectivity index is 1.34. The average molecular weight is 584 g/mol. The summed E-state index contributed by atoms with van der Waals surface area (Å²) < 4.78 is 18.0. The number of rotatable bonds is 11. The highest BCUT2D eigenvalue weighted by Gasteiger charge is 2.32. The monoisotopic (exact) mass is 583 g/mol. The molecule has 2 N–H and O–H groups in total. The molecule has 1 aliphatic heterocycles. The average Bonchev–Trinajstić information content (AvgIpc) is 3.06. The molecule has 9 heteroatoms. The summed E-state index contributed by atoms with van der Waals surface area (Å²) in [4.78, 5) is 20.5. The first kappa shape index (κ1) is 29.5. The highest BCUT2D eigenvalue weighted by Crippen LogP contribution is 2.40. The van der Waals surface area contributed by atoms with Gasteiger partial charge in [0.25, 0.3) is 0 Å². The van der Waals surface area contributed by atoms with Gasteiger partial charge in [-0.1, -0.05) is 85.1 Å². The van der Waals surface area contributed by atoms with Gasteiger partial charge in [0, 0.05) is 36.7 Å². The summed E-state index contributed by atoms with van der Waals surface area (Å²) in [6, 6.07) is 25.8. The van der Waals surface area contributed by atoms with E-state index in [4.69, 9.17) is 14.2 Å². The Morgan fingerprint density at radius 2 is 1.74 bits per heavy atom. The zero-order chi connectivity index (χ0) is 29.1. The van der Waals surface area contributed by atoms with E-state index in [0.717, 1.165) is 33.4 Å². The minimum atomic E-state index is -0.576. The van der Waals surface area contributed by atoms with E-state index in [0.29, 0.717) is 23.9 Å². The van der Waals surface area contributed by atoms with Crippen molar-refractivity contribution in [1.29, 1.82) is 0 Å². The summed E-state index contributed by atoms with van der Waals surface area (Å²) in [7, 11) is 0. The molecule has 3 atom stereocenters. The molecule has 42 heavy (non-hydrogen) atoms. The number of hydrogen-bond acceptors (Lipinski definition) is 8. The molecule has 1 aromatic heterocycles. The number of carbonyl (C=O) groups excluding carboxylic acids is 1. The van der Waals surface area contributed by atoms with Crippen molar-refractivity contribution >= 4 is 17.9 Å². The summed E-state index contributed by atoms with van der Waals surface area (Å²) in [5.74, 6) is 0.680. The van der Waals surface area contributed by atoms with E-state index in [-0.39, 0.29) is 25.4 Å². The van der Waals surface area contributed by atoms with Gasteiger partial charge in [0.05, 0.1) is 18.8 Å². The van der Waals surface area contributed by atoms with Gasteiger partial charge in [-0.05, 0) is 46.0 Å². The number of aliphatic hydroxyl groups is 1. The number of thioether (sulfide) groups is 1. The number of aromatic nitrogens is 2. The maximum atomic E-state index is 11.8. The summed E-state index contributed by atoms with van der Waals surface area (Å²) in [6.45, 7) is 4.06. The molecule has 0 saturated carbocycles. The van der Waals surface area contributed by atoms with Crippen molar-refractivity contribution in [2.75, 3.05) is 12.4 Å². The van der Waals surface area contributed by atoms with Crippen molar-refractivity contribution < 1.29 is 24.1 Å². The minimum absolute atomic E-state index is 0.00265. The van der Waals surface area contributed by atoms with Gasteiger partial charge in [-0.25, -0.2) is 14.8 Å². The summed E-state index contributed by atoms with van der Waals surface area (Å²) in [5, 5.41) is 12.9. The third-order valence-corrected chi connectivity index (χ3v) is 7.75. The zero-order valence-corrected chi connectivity index (χ0v) is 23.9. The molecule has 0 radical (unpaired) electrons. The summed E-state index contributed by atoms with van der Waals surface area (Å²) in [5.41, 5.74) is 5.77. The van der Waals surface area contributed by atoms with Gasteiger partial charge in [0.1, 0.15) is 6.61 Å². The number of nitrogens with one attached hydrogen (secondary N) is 1. The van der Waals surface area contributed by atoms with E-state index >= 15 is 0 Å². The number of amides is 1. The van der Waals surface area contributed by atoms with Crippen molar-refractivity contribution in [2.24, 2.45) is 0 Å². The topological polar surface area (TPSA) is 103 Å². The molecule has 0 bridgehead atoms. The van der Waals surface area contributed by atoms with Crippen LogP contribution < -0.4 is 5.32 Å². The molecular formula is C33H33N3O5S. The first-order chi connectivity index (χ1) is 20.6. The van der Waals surface area contributed by atoms with E-state index in [1.807, 2.05) is 66.7 Å². The summed E-state index contributed by atoms with van der Waals surface area (Å²) >= 11 is 1.56. The lowest BCUT2D eigenvalue weighted by Gasteiger charge is -2.36. The number of hydrogen-bond donors (Lipinski definition) is 2. The number of carbonyl (C=O) groups is 1. The van der Waals surface area contributed by atoms with Gasteiger partial charge < -0.3 is 24.6 Å². The molecular weight excluding hydrogens is 550 g/mol. The van der Waals surface area contributed by atoms with Crippen molar-refractivity contribution in [3.8, 4) is 11.1 Å². The largest absolute Gasteiger partial charge is 0.445 e. The molecule has 1 fully saturated rings. The lowest BCUT2D eigenvalue weighted by atomic mass is 9.99. The summed E-state index contributed by atoms with van der Waals surface area (Å²) in [6.07, 6.45) is 4.34. The highest BCUT2D eigenvalue weighted by atomic mass is 32.2. The molecule has 5 rings (SSSR count). The Kier molecular flexibility index (Phi) is 10.3. The number of nitrogens with zero attached hydrogens (tertiary/aromatic N) is 2. The second-order valence-corrected chi connectivity index (χ2v) is 10.7. The molecule has 1 aliphatic rings. The molecule has 8 nitrogen and oxygen atoms in total. The molecule has 216 valence electrons. The van der Waals surface area contributed by atoms with Crippen molar-refractivity contribution in [3.05, 3.63) is 126 Å². The Hall–Kier alpha value is -4.02. The van der Waals surface area contributed by atoms with E-state index in [9.17, 15) is 9.90 Å². The van der Waals surface area contributed by atoms with Crippen LogP contribution in [0, 0.1) is 0 Å². The first-order valence-electron chi connectivity index (χ1n) is 13.7. The standard InChI is InChI=1S/C33H33N3O5S/c1-2-16-39-33(38)36-20-24-6-3-7-26(17-24)27-8-4-9-28(18-27)31-40-29(22-42-32-34-14-5-15-35-32)19-30(41-31)25-12-10-23(21-37)11-13-25/h2-15,17-18,29-31,37H,1,16,19-22H2,(H,36,38)/t29-,30+,31+/m0/s1. The fraction of sp³-hybridized carbons (Fsp3) is 0.242. The minimum Gasteiger partial charge on any atom is -0.445 e. The van der Waals surface area contributed by atoms with Gasteiger partial charge in [0.2, 0.25) is 0 Å². The van der Waals surface area contributed by atoms with Gasteiger partial charge in [-0.2, -0.15) is 0 Å². The van der Waals surface area contributed by atoms with E-state index < -0.39 is 12.4 Å². The lowest BCUT2D eigenvalue weighted by Crippen LogP contribution is -2.31. The van der Waals surface area contributed by atoms with Crippen LogP contribution in [0.1, 0.15) is 41.1 Å². The number of alkyl carbamates (subject to hydrolysis) is 1. The van der Waals surface area contributed by atoms with Gasteiger partial charge in [-0.3, -0.25) is 0 Å². The second-order valence-electron chi connectivity index (χ2n) is 9.76. The smallest absolute Gasteiger partial charge is 0.407 e. The van der Waals surface area contributed by atoms with Crippen LogP contribution in [-0.2, 0) is 27.4 Å². The van der Waals surface area contributed by atoms with Gasteiger partial charge >= 0.3 is 6.09 Å². The molecule has 0 aliphatic carbocycles. The lowest BCUT2D eigenvalue weighted by molar-refractivity contribution is -0.245. The molecule has 4 aromatic rings. The van der Waals surface area contributed by atoms with Crippen LogP contribution in [0.3, 0.4) is 0 Å². The van der Waals surface area contributed by atoms with E-state index in [1.54, 1.807) is 30.2 Å². The Labute approximate surface area is 249 Å². The fourth-order valence-corrected chi connectivity index (χ4v) is 5.46. The quantitative estimate of drug-likeness (QED) is 0.119. The zero-order valence-electron chi connectivity index (χ0n) is 23.1. The van der Waals surface area contributed by atoms with Crippen LogP contribution in [0.25, 0.3) is 11.1 Å². The number of benzene rings is 3. The molecule has 2 heterocycles. The third-order valence-electron chi connectivity index (χ3n) is 6.74. The van der Waals surface area contributed by atoms with Crippen LogP contribution in [0.4, 0.5) is 4.79 Å². The van der Waals surface area contributed by atoms with Gasteiger partial charge in [0.15, 0.2) is 11.4 Å². The Morgan fingerprint density at radius 3 is 2.50 bits per heavy atom. The first-order valence-corrected chi connectivity index (χ1v) is 14.7. The fourth-order valence-electron chi connectivity index (χ4n) is 4.64. The highest BCUT2D eigenvalue weighted by molar-refractivity contribution is 7.99. The molecule has 0 unspecified atom stereocenters. The van der Waals surface area contributed by atoms with E-state index in [2.05, 4.69) is 27.9 Å². The third kappa shape index (κ3) is 8.04. The SMILES string of the molecule is C=CCOC(=O)NCc1cccc(-c2cccc([C@@H]3O[C@H](CSc4ncccn4)C[C@H](c4ccc(CO)cc4)O3)c2)c1. The Morgan fingerprint density at radius 1 is 0.976 bits per heavy atom. The van der Waals surface area contributed by atoms with Crippen molar-refractivity contribution in [1.82, 2.24) is 15.3 Å². The van der Waals surface area contributed by atoms with Crippen LogP contribution in [0.5, 0.6) is 0 Å². The molecule has 1 saturated heterocycles. The Bertz CT molecular complexity index is 1470. The maximum absolute atomic E-state index is 11.8. The van der Waals surface area contributed by atoms with Crippen LogP contribution in [-0.4, -0.2) is 39.6 Å². The van der Waals surface area contributed by atoms with Crippen molar-refractivity contribution in [2.45, 2.75) is 43.2 Å². The normalized spacial score (nSPS) is 18.3. The van der Waals surface area contributed by atoms with Gasteiger partial charge in [-0.15, -0.1) is 0 Å². The van der Waals surface area contributed by atoms with Crippen LogP contribution in [0.15, 0.2) is 109 Å². The predicted molar refractivity (Wildman–Crippen MR) is 161 cm³/mol. The second kappa shape index (κ2) is 14.7. The van der Waals surface area contributed by atoms with Crippen molar-refractivity contribution in [3.63, 3.8) is 0 Å². The predicted octanol–water partition coefficient (Wildman–Crippen LogP) is 6.39. The molecule has 1 amide bonds. The number of aliphatic hydroxyl groups excluding tert-OH is 1. The maximum Gasteiger partial charge on any atom is 0.407 e.